The van der Waals surface area contributed by atoms with Crippen LogP contribution in [0.3, 0.4) is 0 Å². The molecule has 0 aliphatic carbocycles. The molecule has 0 bridgehead atoms. The van der Waals surface area contributed by atoms with Gasteiger partial charge in [-0.2, -0.15) is 0 Å². The third kappa shape index (κ3) is 2.76. The van der Waals surface area contributed by atoms with E-state index in [1.807, 2.05) is 66.7 Å². The van der Waals surface area contributed by atoms with E-state index in [0.717, 1.165) is 26.4 Å². The lowest BCUT2D eigenvalue weighted by molar-refractivity contribution is -0.129. The zero-order valence-corrected chi connectivity index (χ0v) is 14.2. The number of rotatable bonds is 2. The lowest BCUT2D eigenvalue weighted by Crippen LogP contribution is -2.05. The fourth-order valence-electron chi connectivity index (χ4n) is 2.69. The van der Waals surface area contributed by atoms with Crippen LogP contribution in [0.15, 0.2) is 81.9 Å². The average molecular weight is 378 g/mol. The minimum atomic E-state index is -0.432. The minimum absolute atomic E-state index is 0.302. The van der Waals surface area contributed by atoms with Crippen LogP contribution < -0.4 is 0 Å². The number of ether oxygens (including phenoxy) is 1. The number of carbonyl (C=O) groups is 1. The summed E-state index contributed by atoms with van der Waals surface area (Å²) in [4.78, 5) is 16.6. The van der Waals surface area contributed by atoms with E-state index in [1.165, 1.54) is 0 Å². The summed E-state index contributed by atoms with van der Waals surface area (Å²) in [6, 6.07) is 21.5. The Labute approximate surface area is 147 Å². The molecular formula is C20H12BrNO2. The first-order valence-electron chi connectivity index (χ1n) is 7.47. The highest BCUT2D eigenvalue weighted by molar-refractivity contribution is 9.10. The Morgan fingerprint density at radius 3 is 2.62 bits per heavy atom. The number of benzene rings is 3. The zero-order chi connectivity index (χ0) is 16.5. The van der Waals surface area contributed by atoms with E-state index in [9.17, 15) is 4.79 Å². The number of hydrogen-bond donors (Lipinski definition) is 0. The van der Waals surface area contributed by atoms with Gasteiger partial charge in [0.15, 0.2) is 5.70 Å². The molecule has 0 aromatic heterocycles. The molecule has 0 amide bonds. The summed E-state index contributed by atoms with van der Waals surface area (Å²) in [6.45, 7) is 0. The Morgan fingerprint density at radius 1 is 0.958 bits per heavy atom. The first-order chi connectivity index (χ1) is 11.7. The van der Waals surface area contributed by atoms with Gasteiger partial charge < -0.3 is 4.74 Å². The van der Waals surface area contributed by atoms with Crippen LogP contribution in [0.4, 0.5) is 0 Å². The molecule has 0 spiro atoms. The van der Waals surface area contributed by atoms with Crippen LogP contribution in [0.5, 0.6) is 0 Å². The molecule has 4 heteroatoms. The van der Waals surface area contributed by atoms with E-state index < -0.39 is 5.97 Å². The van der Waals surface area contributed by atoms with Crippen molar-refractivity contribution in [2.75, 3.05) is 0 Å². The summed E-state index contributed by atoms with van der Waals surface area (Å²) in [5, 5.41) is 2.09. The SMILES string of the molecule is O=C1OC(c2cccc3ccccc23)=NC1=Cc1cccc(Br)c1. The van der Waals surface area contributed by atoms with Crippen molar-refractivity contribution in [2.24, 2.45) is 4.99 Å². The zero-order valence-electron chi connectivity index (χ0n) is 12.6. The van der Waals surface area contributed by atoms with E-state index in [4.69, 9.17) is 4.74 Å². The van der Waals surface area contributed by atoms with E-state index >= 15 is 0 Å². The third-order valence-electron chi connectivity index (χ3n) is 3.79. The molecule has 1 heterocycles. The molecule has 4 rings (SSSR count). The molecule has 0 saturated heterocycles. The van der Waals surface area contributed by atoms with Gasteiger partial charge in [-0.1, -0.05) is 64.5 Å². The van der Waals surface area contributed by atoms with Gasteiger partial charge in [0, 0.05) is 10.0 Å². The first-order valence-corrected chi connectivity index (χ1v) is 8.26. The largest absolute Gasteiger partial charge is 0.402 e. The summed E-state index contributed by atoms with van der Waals surface area (Å²) >= 11 is 3.42. The summed E-state index contributed by atoms with van der Waals surface area (Å²) in [7, 11) is 0. The fourth-order valence-corrected chi connectivity index (χ4v) is 3.11. The number of esters is 1. The molecule has 0 fully saturated rings. The van der Waals surface area contributed by atoms with E-state index in [-0.39, 0.29) is 0 Å². The summed E-state index contributed by atoms with van der Waals surface area (Å²) in [5.41, 5.74) is 2.01. The highest BCUT2D eigenvalue weighted by Gasteiger charge is 2.25. The Hall–Kier alpha value is -2.72. The molecule has 0 N–H and O–H groups in total. The second-order valence-electron chi connectivity index (χ2n) is 5.42. The van der Waals surface area contributed by atoms with Crippen LogP contribution in [0.1, 0.15) is 11.1 Å². The fraction of sp³-hybridized carbons (Fsp3) is 0. The van der Waals surface area contributed by atoms with Crippen molar-refractivity contribution < 1.29 is 9.53 Å². The maximum Gasteiger partial charge on any atom is 0.363 e. The molecule has 1 aliphatic rings. The van der Waals surface area contributed by atoms with Crippen LogP contribution in [-0.2, 0) is 9.53 Å². The van der Waals surface area contributed by atoms with Gasteiger partial charge in [-0.15, -0.1) is 0 Å². The van der Waals surface area contributed by atoms with Gasteiger partial charge in [0.05, 0.1) is 0 Å². The molecule has 1 aliphatic heterocycles. The van der Waals surface area contributed by atoms with Gasteiger partial charge in [0.25, 0.3) is 0 Å². The molecule has 0 saturated carbocycles. The number of cyclic esters (lactones) is 1. The van der Waals surface area contributed by atoms with Gasteiger partial charge in [-0.3, -0.25) is 0 Å². The number of nitrogens with zero attached hydrogens (tertiary/aromatic N) is 1. The summed E-state index contributed by atoms with van der Waals surface area (Å²) in [6.07, 6.45) is 1.73. The highest BCUT2D eigenvalue weighted by Crippen LogP contribution is 2.25. The van der Waals surface area contributed by atoms with Gasteiger partial charge in [0.2, 0.25) is 5.90 Å². The molecule has 3 aromatic rings. The predicted octanol–water partition coefficient (Wildman–Crippen LogP) is 4.95. The van der Waals surface area contributed by atoms with E-state index in [2.05, 4.69) is 20.9 Å². The smallest absolute Gasteiger partial charge is 0.363 e. The maximum atomic E-state index is 12.2. The Bertz CT molecular complexity index is 1020. The minimum Gasteiger partial charge on any atom is -0.402 e. The summed E-state index contributed by atoms with van der Waals surface area (Å²) in [5.74, 6) is -0.0871. The van der Waals surface area contributed by atoms with Crippen molar-refractivity contribution in [1.29, 1.82) is 0 Å². The molecule has 0 unspecified atom stereocenters. The van der Waals surface area contributed by atoms with E-state index in [0.29, 0.717) is 11.6 Å². The molecule has 116 valence electrons. The monoisotopic (exact) mass is 377 g/mol. The van der Waals surface area contributed by atoms with Crippen LogP contribution >= 0.6 is 15.9 Å². The lowest BCUT2D eigenvalue weighted by Gasteiger charge is -2.04. The van der Waals surface area contributed by atoms with Gasteiger partial charge in [0.1, 0.15) is 0 Å². The molecule has 3 aromatic carbocycles. The number of hydrogen-bond acceptors (Lipinski definition) is 3. The highest BCUT2D eigenvalue weighted by atomic mass is 79.9. The van der Waals surface area contributed by atoms with Crippen molar-refractivity contribution in [1.82, 2.24) is 0 Å². The third-order valence-corrected chi connectivity index (χ3v) is 4.29. The standard InChI is InChI=1S/C20H12BrNO2/c21-15-8-3-5-13(11-15)12-18-20(23)24-19(22-18)17-10-4-7-14-6-1-2-9-16(14)17/h1-12H. The average Bonchev–Trinajstić information content (AvgIpc) is 2.95. The molecule has 3 nitrogen and oxygen atoms in total. The van der Waals surface area contributed by atoms with Crippen LogP contribution in [0.25, 0.3) is 16.8 Å². The van der Waals surface area contributed by atoms with Crippen molar-refractivity contribution in [3.05, 3.63) is 88.0 Å². The quantitative estimate of drug-likeness (QED) is 0.468. The van der Waals surface area contributed by atoms with Crippen molar-refractivity contribution in [3.8, 4) is 0 Å². The number of carbonyl (C=O) groups excluding carboxylic acids is 1. The molecule has 0 radical (unpaired) electrons. The normalized spacial score (nSPS) is 15.6. The second kappa shape index (κ2) is 6.06. The van der Waals surface area contributed by atoms with Gasteiger partial charge in [-0.25, -0.2) is 9.79 Å². The Morgan fingerprint density at radius 2 is 1.75 bits per heavy atom. The second-order valence-corrected chi connectivity index (χ2v) is 6.33. The van der Waals surface area contributed by atoms with Crippen LogP contribution in [0.2, 0.25) is 0 Å². The summed E-state index contributed by atoms with van der Waals surface area (Å²) < 4.78 is 6.35. The predicted molar refractivity (Wildman–Crippen MR) is 98.7 cm³/mol. The molecular weight excluding hydrogens is 366 g/mol. The van der Waals surface area contributed by atoms with E-state index in [1.54, 1.807) is 6.08 Å². The van der Waals surface area contributed by atoms with Crippen molar-refractivity contribution >= 4 is 44.6 Å². The Kier molecular flexibility index (Phi) is 3.75. The number of fused-ring (bicyclic) bond motifs is 1. The Balaban J connectivity index is 1.78. The van der Waals surface area contributed by atoms with Crippen molar-refractivity contribution in [2.45, 2.75) is 0 Å². The maximum absolute atomic E-state index is 12.2. The van der Waals surface area contributed by atoms with Crippen LogP contribution in [0, 0.1) is 0 Å². The topological polar surface area (TPSA) is 38.7 Å². The van der Waals surface area contributed by atoms with Gasteiger partial charge >= 0.3 is 5.97 Å². The lowest BCUT2D eigenvalue weighted by atomic mass is 10.0. The van der Waals surface area contributed by atoms with Gasteiger partial charge in [-0.05, 0) is 40.6 Å². The molecule has 0 atom stereocenters. The van der Waals surface area contributed by atoms with Crippen LogP contribution in [-0.4, -0.2) is 11.9 Å². The number of aliphatic imine (C=N–C) groups is 1. The number of halogens is 1. The molecule has 24 heavy (non-hydrogen) atoms. The first kappa shape index (κ1) is 14.8. The van der Waals surface area contributed by atoms with Crippen molar-refractivity contribution in [3.63, 3.8) is 0 Å².